The molecule has 1 aromatic carbocycles. The molecule has 8 heteroatoms. The van der Waals surface area contributed by atoms with Gasteiger partial charge in [-0.3, -0.25) is 4.79 Å². The predicted molar refractivity (Wildman–Crippen MR) is 66.2 cm³/mol. The predicted octanol–water partition coefficient (Wildman–Crippen LogP) is 2.56. The van der Waals surface area contributed by atoms with Crippen molar-refractivity contribution in [1.82, 2.24) is 9.78 Å². The molecule has 0 unspecified atom stereocenters. The van der Waals surface area contributed by atoms with Crippen LogP contribution in [0.25, 0.3) is 0 Å². The standard InChI is InChI=1S/C13H11F3N2O3/c1-7-10(12(20)18(2)17-7)11(19)8-3-5-9(6-4-8)21-13(14,15)16/h3-6,20H,1-2H3. The van der Waals surface area contributed by atoms with Crippen LogP contribution in [0.4, 0.5) is 13.2 Å². The van der Waals surface area contributed by atoms with Gasteiger partial charge in [0.1, 0.15) is 11.3 Å². The molecule has 21 heavy (non-hydrogen) atoms. The summed E-state index contributed by atoms with van der Waals surface area (Å²) >= 11 is 0. The summed E-state index contributed by atoms with van der Waals surface area (Å²) in [5.74, 6) is -1.25. The number of aryl methyl sites for hydroxylation is 2. The highest BCUT2D eigenvalue weighted by atomic mass is 19.4. The smallest absolute Gasteiger partial charge is 0.493 e. The average Bonchev–Trinajstić information content (AvgIpc) is 2.61. The molecule has 0 atom stereocenters. The van der Waals surface area contributed by atoms with Gasteiger partial charge in [-0.2, -0.15) is 5.10 Å². The van der Waals surface area contributed by atoms with Crippen molar-refractivity contribution in [3.05, 3.63) is 41.1 Å². The number of ketones is 1. The number of benzene rings is 1. The van der Waals surface area contributed by atoms with E-state index in [2.05, 4.69) is 9.84 Å². The third-order valence-corrected chi connectivity index (χ3v) is 2.77. The third-order valence-electron chi connectivity index (χ3n) is 2.77. The minimum atomic E-state index is -4.79. The summed E-state index contributed by atoms with van der Waals surface area (Å²) in [6.45, 7) is 1.55. The second kappa shape index (κ2) is 5.12. The molecule has 2 aromatic rings. The van der Waals surface area contributed by atoms with Crippen molar-refractivity contribution < 1.29 is 27.8 Å². The number of carbonyl (C=O) groups is 1. The second-order valence-corrected chi connectivity index (χ2v) is 4.31. The summed E-state index contributed by atoms with van der Waals surface area (Å²) in [4.78, 5) is 12.2. The van der Waals surface area contributed by atoms with E-state index in [1.54, 1.807) is 6.92 Å². The lowest BCUT2D eigenvalue weighted by Gasteiger charge is -2.09. The van der Waals surface area contributed by atoms with Crippen molar-refractivity contribution in [2.75, 3.05) is 0 Å². The molecule has 1 aromatic heterocycles. The molecule has 1 heterocycles. The van der Waals surface area contributed by atoms with Gasteiger partial charge in [-0.1, -0.05) is 0 Å². The van der Waals surface area contributed by atoms with E-state index in [4.69, 9.17) is 0 Å². The molecule has 112 valence electrons. The fourth-order valence-electron chi connectivity index (χ4n) is 1.86. The number of halogens is 3. The van der Waals surface area contributed by atoms with Gasteiger partial charge in [0.2, 0.25) is 5.88 Å². The molecule has 0 amide bonds. The molecule has 2 rings (SSSR count). The van der Waals surface area contributed by atoms with Gasteiger partial charge >= 0.3 is 6.36 Å². The van der Waals surface area contributed by atoms with Crippen LogP contribution < -0.4 is 4.74 Å². The average molecular weight is 300 g/mol. The molecular weight excluding hydrogens is 289 g/mol. The van der Waals surface area contributed by atoms with Crippen molar-refractivity contribution in [3.63, 3.8) is 0 Å². The van der Waals surface area contributed by atoms with Crippen LogP contribution in [-0.4, -0.2) is 27.0 Å². The summed E-state index contributed by atoms with van der Waals surface area (Å²) in [6, 6.07) is 4.44. The Balaban J connectivity index is 2.28. The van der Waals surface area contributed by atoms with E-state index >= 15 is 0 Å². The normalized spacial score (nSPS) is 11.5. The van der Waals surface area contributed by atoms with Crippen LogP contribution >= 0.6 is 0 Å². The summed E-state index contributed by atoms with van der Waals surface area (Å²) in [5, 5.41) is 13.7. The van der Waals surface area contributed by atoms with Gasteiger partial charge in [-0.05, 0) is 31.2 Å². The molecule has 0 fully saturated rings. The molecule has 5 nitrogen and oxygen atoms in total. The van der Waals surface area contributed by atoms with Crippen LogP contribution in [0.5, 0.6) is 11.6 Å². The third kappa shape index (κ3) is 3.15. The monoisotopic (exact) mass is 300 g/mol. The van der Waals surface area contributed by atoms with Gasteiger partial charge in [0.15, 0.2) is 5.78 Å². The van der Waals surface area contributed by atoms with Crippen molar-refractivity contribution in [2.45, 2.75) is 13.3 Å². The van der Waals surface area contributed by atoms with E-state index < -0.39 is 17.9 Å². The number of rotatable bonds is 3. The first-order valence-corrected chi connectivity index (χ1v) is 5.82. The van der Waals surface area contributed by atoms with Gasteiger partial charge in [0, 0.05) is 12.6 Å². The van der Waals surface area contributed by atoms with E-state index in [0.29, 0.717) is 5.69 Å². The van der Waals surface area contributed by atoms with Crippen molar-refractivity contribution in [2.24, 2.45) is 7.05 Å². The zero-order valence-electron chi connectivity index (χ0n) is 11.1. The fourth-order valence-corrected chi connectivity index (χ4v) is 1.86. The Kier molecular flexibility index (Phi) is 3.63. The van der Waals surface area contributed by atoms with Gasteiger partial charge in [-0.15, -0.1) is 13.2 Å². The number of nitrogens with zero attached hydrogens (tertiary/aromatic N) is 2. The Bertz CT molecular complexity index is 675. The van der Waals surface area contributed by atoms with Gasteiger partial charge in [0.05, 0.1) is 5.69 Å². The number of alkyl halides is 3. The van der Waals surface area contributed by atoms with Crippen LogP contribution in [0.2, 0.25) is 0 Å². The molecule has 1 N–H and O–H groups in total. The molecule has 0 spiro atoms. The Morgan fingerprint density at radius 2 is 1.86 bits per heavy atom. The molecule has 0 aliphatic rings. The Morgan fingerprint density at radius 1 is 1.29 bits per heavy atom. The minimum absolute atomic E-state index is 0.0157. The van der Waals surface area contributed by atoms with Crippen LogP contribution in [-0.2, 0) is 7.05 Å². The topological polar surface area (TPSA) is 64.3 Å². The molecule has 0 aliphatic heterocycles. The van der Waals surface area contributed by atoms with Gasteiger partial charge in [-0.25, -0.2) is 4.68 Å². The van der Waals surface area contributed by atoms with Crippen LogP contribution in [0, 0.1) is 6.92 Å². The first-order valence-electron chi connectivity index (χ1n) is 5.82. The lowest BCUT2D eigenvalue weighted by molar-refractivity contribution is -0.274. The van der Waals surface area contributed by atoms with Gasteiger partial charge in [0.25, 0.3) is 0 Å². The van der Waals surface area contributed by atoms with E-state index in [9.17, 15) is 23.1 Å². The lowest BCUT2D eigenvalue weighted by Crippen LogP contribution is -2.17. The van der Waals surface area contributed by atoms with Gasteiger partial charge < -0.3 is 9.84 Å². The molecule has 0 aliphatic carbocycles. The Hall–Kier alpha value is -2.51. The van der Waals surface area contributed by atoms with E-state index in [-0.39, 0.29) is 17.0 Å². The van der Waals surface area contributed by atoms with E-state index in [1.165, 1.54) is 19.2 Å². The first kappa shape index (κ1) is 14.9. The first-order chi connectivity index (χ1) is 9.69. The summed E-state index contributed by atoms with van der Waals surface area (Å²) < 4.78 is 41.0. The number of hydrogen-bond acceptors (Lipinski definition) is 4. The number of carbonyl (C=O) groups excluding carboxylic acids is 1. The maximum Gasteiger partial charge on any atom is 0.573 e. The Morgan fingerprint density at radius 3 is 2.29 bits per heavy atom. The van der Waals surface area contributed by atoms with Crippen molar-refractivity contribution >= 4 is 5.78 Å². The van der Waals surface area contributed by atoms with Crippen LogP contribution in [0.3, 0.4) is 0 Å². The second-order valence-electron chi connectivity index (χ2n) is 4.31. The molecule has 0 radical (unpaired) electrons. The van der Waals surface area contributed by atoms with Crippen LogP contribution in [0.1, 0.15) is 21.6 Å². The number of aromatic nitrogens is 2. The number of aromatic hydroxyl groups is 1. The lowest BCUT2D eigenvalue weighted by atomic mass is 10.0. The molecular formula is C13H11F3N2O3. The summed E-state index contributed by atoms with van der Waals surface area (Å²) in [5.41, 5.74) is 0.466. The maximum absolute atomic E-state index is 12.2. The van der Waals surface area contributed by atoms with Crippen molar-refractivity contribution in [3.8, 4) is 11.6 Å². The Labute approximate surface area is 117 Å². The SMILES string of the molecule is Cc1nn(C)c(O)c1C(=O)c1ccc(OC(F)(F)F)cc1. The largest absolute Gasteiger partial charge is 0.573 e. The fraction of sp³-hybridized carbons (Fsp3) is 0.231. The van der Waals surface area contributed by atoms with E-state index in [1.807, 2.05) is 0 Å². The zero-order chi connectivity index (χ0) is 15.8. The molecule has 0 bridgehead atoms. The molecule has 0 saturated heterocycles. The highest BCUT2D eigenvalue weighted by Gasteiger charge is 2.31. The molecule has 0 saturated carbocycles. The van der Waals surface area contributed by atoms with Crippen LogP contribution in [0.15, 0.2) is 24.3 Å². The highest BCUT2D eigenvalue weighted by molar-refractivity contribution is 6.11. The zero-order valence-corrected chi connectivity index (χ0v) is 11.1. The highest BCUT2D eigenvalue weighted by Crippen LogP contribution is 2.26. The van der Waals surface area contributed by atoms with Crippen molar-refractivity contribution in [1.29, 1.82) is 0 Å². The maximum atomic E-state index is 12.2. The quantitative estimate of drug-likeness (QED) is 0.885. The van der Waals surface area contributed by atoms with E-state index in [0.717, 1.165) is 16.8 Å². The summed E-state index contributed by atoms with van der Waals surface area (Å²) in [7, 11) is 1.47. The minimum Gasteiger partial charge on any atom is -0.493 e. The summed E-state index contributed by atoms with van der Waals surface area (Å²) in [6.07, 6.45) is -4.79. The number of hydrogen-bond donors (Lipinski definition) is 1. The number of ether oxygens (including phenoxy) is 1.